The summed E-state index contributed by atoms with van der Waals surface area (Å²) in [4.78, 5) is 13.2. The smallest absolute Gasteiger partial charge is 0.251 e. The van der Waals surface area contributed by atoms with Crippen molar-refractivity contribution in [2.75, 3.05) is 46.1 Å². The predicted octanol–water partition coefficient (Wildman–Crippen LogP) is 2.63. The Morgan fingerprint density at radius 1 is 1.06 bits per heavy atom. The largest absolute Gasteiger partial charge is 0.381 e. The molecule has 1 amide bonds. The minimum Gasteiger partial charge on any atom is -0.381 e. The molecule has 0 aromatic heterocycles. The number of morpholine rings is 1. The molecule has 2 fully saturated rings. The summed E-state index contributed by atoms with van der Waals surface area (Å²) < 4.78 is 52.1. The monoisotopic (exact) mass is 476 g/mol. The predicted molar refractivity (Wildman–Crippen MR) is 121 cm³/mol. The second kappa shape index (κ2) is 9.89. The number of ether oxygens (including phenoxy) is 2. The molecule has 0 aliphatic carbocycles. The van der Waals surface area contributed by atoms with Crippen LogP contribution in [0.25, 0.3) is 0 Å². The number of nitrogens with zero attached hydrogens (tertiary/aromatic N) is 1. The molecular weight excluding hydrogens is 447 g/mol. The third kappa shape index (κ3) is 5.11. The number of halogens is 1. The van der Waals surface area contributed by atoms with E-state index in [0.717, 1.165) is 5.56 Å². The van der Waals surface area contributed by atoms with E-state index in [1.54, 1.807) is 19.1 Å². The van der Waals surface area contributed by atoms with Crippen LogP contribution < -0.4 is 5.32 Å². The van der Waals surface area contributed by atoms with Crippen LogP contribution in [-0.4, -0.2) is 64.7 Å². The minimum atomic E-state index is -3.71. The number of hydrogen-bond donors (Lipinski definition) is 1. The van der Waals surface area contributed by atoms with Gasteiger partial charge >= 0.3 is 0 Å². The molecule has 178 valence electrons. The van der Waals surface area contributed by atoms with Crippen molar-refractivity contribution in [2.45, 2.75) is 30.1 Å². The summed E-state index contributed by atoms with van der Waals surface area (Å²) >= 11 is 0. The Bertz CT molecular complexity index is 1110. The van der Waals surface area contributed by atoms with Crippen molar-refractivity contribution in [3.8, 4) is 0 Å². The first kappa shape index (κ1) is 23.8. The van der Waals surface area contributed by atoms with Gasteiger partial charge in [-0.1, -0.05) is 18.2 Å². The maximum atomic E-state index is 13.9. The van der Waals surface area contributed by atoms with E-state index in [0.29, 0.717) is 56.9 Å². The lowest BCUT2D eigenvalue weighted by Crippen LogP contribution is -2.44. The van der Waals surface area contributed by atoms with E-state index in [4.69, 9.17) is 9.47 Å². The van der Waals surface area contributed by atoms with Crippen LogP contribution >= 0.6 is 0 Å². The van der Waals surface area contributed by atoms with Crippen molar-refractivity contribution in [1.82, 2.24) is 9.62 Å². The molecule has 2 aliphatic rings. The van der Waals surface area contributed by atoms with Crippen LogP contribution in [-0.2, 0) is 24.9 Å². The van der Waals surface area contributed by atoms with Crippen molar-refractivity contribution in [2.24, 2.45) is 0 Å². The van der Waals surface area contributed by atoms with E-state index in [2.05, 4.69) is 5.32 Å². The standard InChI is InChI=1S/C24H29FN2O5S/c1-18-5-6-21(33(29,30)27-9-13-32-14-10-27)16-22(18)23(28)26-17-24(7-11-31-12-8-24)19-3-2-4-20(25)15-19/h2-6,15-16H,7-14,17H2,1H3,(H,26,28). The lowest BCUT2D eigenvalue weighted by atomic mass is 9.74. The van der Waals surface area contributed by atoms with Gasteiger partial charge in [0.25, 0.3) is 5.91 Å². The Labute approximate surface area is 193 Å². The molecule has 2 aromatic carbocycles. The molecule has 0 unspecified atom stereocenters. The summed E-state index contributed by atoms with van der Waals surface area (Å²) in [6.45, 7) is 4.41. The van der Waals surface area contributed by atoms with Gasteiger partial charge < -0.3 is 14.8 Å². The highest BCUT2D eigenvalue weighted by molar-refractivity contribution is 7.89. The van der Waals surface area contributed by atoms with Crippen molar-refractivity contribution in [1.29, 1.82) is 0 Å². The first-order chi connectivity index (χ1) is 15.8. The number of carbonyl (C=O) groups excluding carboxylic acids is 1. The lowest BCUT2D eigenvalue weighted by Gasteiger charge is -2.38. The van der Waals surface area contributed by atoms with E-state index < -0.39 is 15.4 Å². The van der Waals surface area contributed by atoms with Gasteiger partial charge in [-0.3, -0.25) is 4.79 Å². The van der Waals surface area contributed by atoms with E-state index >= 15 is 0 Å². The summed E-state index contributed by atoms with van der Waals surface area (Å²) in [5, 5.41) is 2.98. The molecule has 7 nitrogen and oxygen atoms in total. The Hall–Kier alpha value is -2.33. The van der Waals surface area contributed by atoms with Crippen LogP contribution in [0, 0.1) is 12.7 Å². The van der Waals surface area contributed by atoms with Crippen LogP contribution in [0.2, 0.25) is 0 Å². The van der Waals surface area contributed by atoms with Crippen molar-refractivity contribution < 1.29 is 27.1 Å². The van der Waals surface area contributed by atoms with Gasteiger partial charge in [-0.15, -0.1) is 0 Å². The SMILES string of the molecule is Cc1ccc(S(=O)(=O)N2CCOCC2)cc1C(=O)NCC1(c2cccc(F)c2)CCOCC1. The van der Waals surface area contributed by atoms with Gasteiger partial charge in [0.15, 0.2) is 0 Å². The molecule has 2 heterocycles. The Balaban J connectivity index is 1.56. The molecule has 9 heteroatoms. The summed E-state index contributed by atoms with van der Waals surface area (Å²) in [6, 6.07) is 11.1. The Morgan fingerprint density at radius 3 is 2.45 bits per heavy atom. The first-order valence-corrected chi connectivity index (χ1v) is 12.6. The maximum absolute atomic E-state index is 13.9. The van der Waals surface area contributed by atoms with Gasteiger partial charge in [0.2, 0.25) is 10.0 Å². The minimum absolute atomic E-state index is 0.0889. The zero-order chi connectivity index (χ0) is 23.5. The highest BCUT2D eigenvalue weighted by Gasteiger charge is 2.35. The van der Waals surface area contributed by atoms with Gasteiger partial charge in [-0.25, -0.2) is 12.8 Å². The molecule has 2 aliphatic heterocycles. The molecule has 0 radical (unpaired) electrons. The van der Waals surface area contributed by atoms with Crippen molar-refractivity contribution in [3.05, 3.63) is 65.0 Å². The second-order valence-corrected chi connectivity index (χ2v) is 10.5. The number of amides is 1. The average molecular weight is 477 g/mol. The van der Waals surface area contributed by atoms with Gasteiger partial charge in [0, 0.05) is 43.8 Å². The number of benzene rings is 2. The summed E-state index contributed by atoms with van der Waals surface area (Å²) in [7, 11) is -3.71. The highest BCUT2D eigenvalue weighted by atomic mass is 32.2. The third-order valence-electron chi connectivity index (χ3n) is 6.54. The second-order valence-electron chi connectivity index (χ2n) is 8.58. The van der Waals surface area contributed by atoms with Crippen molar-refractivity contribution in [3.63, 3.8) is 0 Å². The van der Waals surface area contributed by atoms with Crippen LogP contribution in [0.1, 0.15) is 34.3 Å². The topological polar surface area (TPSA) is 84.9 Å². The molecule has 2 saturated heterocycles. The van der Waals surface area contributed by atoms with E-state index in [9.17, 15) is 17.6 Å². The number of nitrogens with one attached hydrogen (secondary N) is 1. The van der Waals surface area contributed by atoms with Gasteiger partial charge in [0.05, 0.1) is 18.1 Å². The maximum Gasteiger partial charge on any atom is 0.251 e. The molecule has 0 bridgehead atoms. The summed E-state index contributed by atoms with van der Waals surface area (Å²) in [5.74, 6) is -0.671. The average Bonchev–Trinajstić information content (AvgIpc) is 2.84. The summed E-state index contributed by atoms with van der Waals surface area (Å²) in [5.41, 5.74) is 1.37. The zero-order valence-corrected chi connectivity index (χ0v) is 19.5. The normalized spacial score (nSPS) is 19.2. The molecule has 4 rings (SSSR count). The fourth-order valence-corrected chi connectivity index (χ4v) is 5.87. The van der Waals surface area contributed by atoms with Crippen LogP contribution in [0.4, 0.5) is 4.39 Å². The molecular formula is C24H29FN2O5S. The van der Waals surface area contributed by atoms with Gasteiger partial charge in [0.1, 0.15) is 5.82 Å². The Morgan fingerprint density at radius 2 is 1.76 bits per heavy atom. The van der Waals surface area contributed by atoms with Crippen LogP contribution in [0.5, 0.6) is 0 Å². The molecule has 0 saturated carbocycles. The van der Waals surface area contributed by atoms with Gasteiger partial charge in [-0.2, -0.15) is 4.31 Å². The molecule has 2 aromatic rings. The van der Waals surface area contributed by atoms with E-state index in [1.807, 2.05) is 6.07 Å². The van der Waals surface area contributed by atoms with Crippen molar-refractivity contribution >= 4 is 15.9 Å². The Kier molecular flexibility index (Phi) is 7.13. The highest BCUT2D eigenvalue weighted by Crippen LogP contribution is 2.35. The first-order valence-electron chi connectivity index (χ1n) is 11.1. The fraction of sp³-hybridized carbons (Fsp3) is 0.458. The molecule has 0 atom stereocenters. The zero-order valence-electron chi connectivity index (χ0n) is 18.7. The fourth-order valence-electron chi connectivity index (χ4n) is 4.43. The molecule has 0 spiro atoms. The van der Waals surface area contributed by atoms with Gasteiger partial charge in [-0.05, 0) is 55.2 Å². The quantitative estimate of drug-likeness (QED) is 0.693. The number of carbonyl (C=O) groups is 1. The third-order valence-corrected chi connectivity index (χ3v) is 8.43. The molecule has 33 heavy (non-hydrogen) atoms. The lowest BCUT2D eigenvalue weighted by molar-refractivity contribution is 0.0486. The number of hydrogen-bond acceptors (Lipinski definition) is 5. The number of aryl methyl sites for hydroxylation is 1. The number of rotatable bonds is 6. The summed E-state index contributed by atoms with van der Waals surface area (Å²) in [6.07, 6.45) is 1.31. The van der Waals surface area contributed by atoms with Crippen LogP contribution in [0.15, 0.2) is 47.4 Å². The number of sulfonamides is 1. The van der Waals surface area contributed by atoms with E-state index in [1.165, 1.54) is 28.6 Å². The molecule has 1 N–H and O–H groups in total. The van der Waals surface area contributed by atoms with E-state index in [-0.39, 0.29) is 29.7 Å². The van der Waals surface area contributed by atoms with Crippen LogP contribution in [0.3, 0.4) is 0 Å².